The Morgan fingerprint density at radius 3 is 2.88 bits per heavy atom. The molecule has 0 amide bonds. The molecule has 1 rings (SSSR count). The molecule has 0 fully saturated rings. The van der Waals surface area contributed by atoms with E-state index < -0.39 is 6.17 Å². The van der Waals surface area contributed by atoms with Crippen molar-refractivity contribution in [2.75, 3.05) is 0 Å². The molecule has 1 unspecified atom stereocenters. The smallest absolute Gasteiger partial charge is 0.122 e. The average molecular weight is 224 g/mol. The average Bonchev–Trinajstić information content (AvgIpc) is 1.77. The van der Waals surface area contributed by atoms with E-state index >= 15 is 0 Å². The molecule has 44 valence electrons. The molecule has 0 nitrogen and oxygen atoms in total. The molecule has 0 spiro atoms. The Bertz CT molecular complexity index is 137. The van der Waals surface area contributed by atoms with E-state index in [0.717, 1.165) is 3.58 Å². The van der Waals surface area contributed by atoms with Crippen LogP contribution in [0.3, 0.4) is 0 Å². The van der Waals surface area contributed by atoms with Crippen molar-refractivity contribution >= 4 is 22.6 Å². The van der Waals surface area contributed by atoms with Gasteiger partial charge in [-0.15, -0.1) is 0 Å². The van der Waals surface area contributed by atoms with Crippen molar-refractivity contribution in [1.29, 1.82) is 0 Å². The SMILES string of the molecule is FC1C=CC(I)=CC1. The number of hydrogen-bond donors (Lipinski definition) is 0. The summed E-state index contributed by atoms with van der Waals surface area (Å²) in [6, 6.07) is 0. The Morgan fingerprint density at radius 2 is 2.50 bits per heavy atom. The molecular weight excluding hydrogens is 218 g/mol. The Labute approximate surface area is 61.6 Å². The third kappa shape index (κ3) is 1.58. The largest absolute Gasteiger partial charge is 0.243 e. The predicted molar refractivity (Wildman–Crippen MR) is 40.8 cm³/mol. The van der Waals surface area contributed by atoms with E-state index in [-0.39, 0.29) is 0 Å². The Kier molecular flexibility index (Phi) is 2.05. The van der Waals surface area contributed by atoms with Crippen LogP contribution < -0.4 is 0 Å². The van der Waals surface area contributed by atoms with Crippen LogP contribution in [-0.4, -0.2) is 6.17 Å². The third-order valence-corrected chi connectivity index (χ3v) is 1.80. The van der Waals surface area contributed by atoms with E-state index in [1.54, 1.807) is 12.2 Å². The highest BCUT2D eigenvalue weighted by molar-refractivity contribution is 14.1. The van der Waals surface area contributed by atoms with Crippen molar-refractivity contribution in [3.63, 3.8) is 0 Å². The first-order valence-corrected chi connectivity index (χ1v) is 3.55. The van der Waals surface area contributed by atoms with Crippen LogP contribution in [0.4, 0.5) is 4.39 Å². The summed E-state index contributed by atoms with van der Waals surface area (Å²) < 4.78 is 13.4. The molecule has 0 aromatic carbocycles. The summed E-state index contributed by atoms with van der Waals surface area (Å²) in [5, 5.41) is 0. The molecule has 0 saturated heterocycles. The quantitative estimate of drug-likeness (QED) is 0.554. The lowest BCUT2D eigenvalue weighted by Crippen LogP contribution is -1.95. The summed E-state index contributed by atoms with van der Waals surface area (Å²) in [5.41, 5.74) is 0. The molecule has 0 radical (unpaired) electrons. The van der Waals surface area contributed by atoms with Gasteiger partial charge in [0.25, 0.3) is 0 Å². The van der Waals surface area contributed by atoms with Gasteiger partial charge in [0.15, 0.2) is 0 Å². The van der Waals surface area contributed by atoms with Crippen molar-refractivity contribution < 1.29 is 4.39 Å². The summed E-state index contributed by atoms with van der Waals surface area (Å²) in [6.45, 7) is 0. The second-order valence-corrected chi connectivity index (χ2v) is 2.95. The van der Waals surface area contributed by atoms with Crippen LogP contribution >= 0.6 is 22.6 Å². The summed E-state index contributed by atoms with van der Waals surface area (Å²) in [7, 11) is 0. The fourth-order valence-electron chi connectivity index (χ4n) is 0.568. The van der Waals surface area contributed by atoms with Gasteiger partial charge >= 0.3 is 0 Å². The summed E-state index contributed by atoms with van der Waals surface area (Å²) in [6.07, 6.45) is 5.09. The minimum absolute atomic E-state index is 0.550. The first-order chi connectivity index (χ1) is 3.79. The zero-order valence-electron chi connectivity index (χ0n) is 4.27. The Morgan fingerprint density at radius 1 is 1.75 bits per heavy atom. The van der Waals surface area contributed by atoms with Gasteiger partial charge in [0, 0.05) is 10.0 Å². The molecule has 0 saturated carbocycles. The number of allylic oxidation sites excluding steroid dienone is 4. The van der Waals surface area contributed by atoms with Crippen LogP contribution in [0.15, 0.2) is 21.8 Å². The molecule has 0 aromatic heterocycles. The number of alkyl halides is 1. The lowest BCUT2D eigenvalue weighted by atomic mass is 10.2. The second-order valence-electron chi connectivity index (χ2n) is 1.70. The lowest BCUT2D eigenvalue weighted by Gasteiger charge is -2.02. The fourth-order valence-corrected chi connectivity index (χ4v) is 1.03. The maximum Gasteiger partial charge on any atom is 0.122 e. The minimum atomic E-state index is -0.742. The predicted octanol–water partition coefficient (Wildman–Crippen LogP) is 2.60. The molecule has 1 atom stereocenters. The number of rotatable bonds is 0. The van der Waals surface area contributed by atoms with Gasteiger partial charge in [-0.3, -0.25) is 0 Å². The molecule has 0 bridgehead atoms. The van der Waals surface area contributed by atoms with Gasteiger partial charge in [0.1, 0.15) is 6.17 Å². The highest BCUT2D eigenvalue weighted by atomic mass is 127. The zero-order chi connectivity index (χ0) is 5.98. The van der Waals surface area contributed by atoms with Crippen molar-refractivity contribution in [2.24, 2.45) is 0 Å². The van der Waals surface area contributed by atoms with E-state index in [0.29, 0.717) is 6.42 Å². The second kappa shape index (κ2) is 2.62. The number of halogens is 2. The lowest BCUT2D eigenvalue weighted by molar-refractivity contribution is 0.401. The molecule has 0 aromatic rings. The molecule has 0 heterocycles. The maximum absolute atomic E-state index is 12.2. The van der Waals surface area contributed by atoms with Crippen molar-refractivity contribution in [1.82, 2.24) is 0 Å². The van der Waals surface area contributed by atoms with E-state index in [1.807, 2.05) is 6.08 Å². The molecule has 1 aliphatic rings. The Hall–Kier alpha value is 0.140. The Balaban J connectivity index is 2.58. The van der Waals surface area contributed by atoms with Crippen LogP contribution in [0.5, 0.6) is 0 Å². The van der Waals surface area contributed by atoms with Crippen LogP contribution in [0.25, 0.3) is 0 Å². The molecule has 1 aliphatic carbocycles. The summed E-state index contributed by atoms with van der Waals surface area (Å²) in [4.78, 5) is 0. The highest BCUT2D eigenvalue weighted by Gasteiger charge is 2.02. The molecule has 0 N–H and O–H groups in total. The van der Waals surface area contributed by atoms with Gasteiger partial charge in [0.2, 0.25) is 0 Å². The number of hydrogen-bond acceptors (Lipinski definition) is 0. The van der Waals surface area contributed by atoms with Gasteiger partial charge in [-0.05, 0) is 28.7 Å². The normalized spacial score (nSPS) is 27.8. The van der Waals surface area contributed by atoms with Crippen molar-refractivity contribution in [2.45, 2.75) is 12.6 Å². The summed E-state index contributed by atoms with van der Waals surface area (Å²) >= 11 is 2.17. The first-order valence-electron chi connectivity index (χ1n) is 2.47. The van der Waals surface area contributed by atoms with E-state index in [9.17, 15) is 4.39 Å². The maximum atomic E-state index is 12.2. The molecule has 0 aliphatic heterocycles. The van der Waals surface area contributed by atoms with Crippen molar-refractivity contribution in [3.8, 4) is 0 Å². The van der Waals surface area contributed by atoms with Gasteiger partial charge in [-0.2, -0.15) is 0 Å². The third-order valence-electron chi connectivity index (χ3n) is 1.00. The van der Waals surface area contributed by atoms with Crippen LogP contribution in [0.2, 0.25) is 0 Å². The fraction of sp³-hybridized carbons (Fsp3) is 0.333. The molecule has 2 heteroatoms. The topological polar surface area (TPSA) is 0 Å². The van der Waals surface area contributed by atoms with E-state index in [1.165, 1.54) is 0 Å². The van der Waals surface area contributed by atoms with Crippen LogP contribution in [-0.2, 0) is 0 Å². The van der Waals surface area contributed by atoms with Crippen LogP contribution in [0, 0.1) is 0 Å². The van der Waals surface area contributed by atoms with Gasteiger partial charge in [0.05, 0.1) is 0 Å². The molecule has 8 heavy (non-hydrogen) atoms. The highest BCUT2D eigenvalue weighted by Crippen LogP contribution is 2.17. The first kappa shape index (κ1) is 6.26. The van der Waals surface area contributed by atoms with Crippen LogP contribution in [0.1, 0.15) is 6.42 Å². The van der Waals surface area contributed by atoms with Gasteiger partial charge < -0.3 is 0 Å². The van der Waals surface area contributed by atoms with Gasteiger partial charge in [-0.1, -0.05) is 12.2 Å². The monoisotopic (exact) mass is 224 g/mol. The van der Waals surface area contributed by atoms with E-state index in [2.05, 4.69) is 22.6 Å². The van der Waals surface area contributed by atoms with Gasteiger partial charge in [-0.25, -0.2) is 4.39 Å². The summed E-state index contributed by atoms with van der Waals surface area (Å²) in [5.74, 6) is 0. The van der Waals surface area contributed by atoms with E-state index in [4.69, 9.17) is 0 Å². The minimum Gasteiger partial charge on any atom is -0.243 e. The zero-order valence-corrected chi connectivity index (χ0v) is 6.43. The standard InChI is InChI=1S/C6H6FI/c7-5-1-3-6(8)4-2-5/h1,3-5H,2H2. The van der Waals surface area contributed by atoms with Crippen molar-refractivity contribution in [3.05, 3.63) is 21.8 Å². The molecular formula is C6H6FI.